The molecule has 0 unspecified atom stereocenters. The molecule has 0 saturated heterocycles. The van der Waals surface area contributed by atoms with Crippen LogP contribution in [0.4, 0.5) is 10.1 Å². The van der Waals surface area contributed by atoms with E-state index in [2.05, 4.69) is 26.4 Å². The Balaban J connectivity index is 1.69. The Labute approximate surface area is 163 Å². The first-order chi connectivity index (χ1) is 13.0. The van der Waals surface area contributed by atoms with Crippen LogP contribution in [-0.2, 0) is 0 Å². The highest BCUT2D eigenvalue weighted by Gasteiger charge is 2.15. The minimum absolute atomic E-state index is 0.118. The fourth-order valence-electron chi connectivity index (χ4n) is 2.78. The van der Waals surface area contributed by atoms with E-state index >= 15 is 0 Å². The fraction of sp³-hybridized carbons (Fsp3) is 0.0476. The lowest BCUT2D eigenvalue weighted by molar-refractivity contribution is 0.102. The molecular formula is C21H14BrFN2O2. The zero-order chi connectivity index (χ0) is 19.0. The van der Waals surface area contributed by atoms with Gasteiger partial charge < -0.3 is 9.84 Å². The summed E-state index contributed by atoms with van der Waals surface area (Å²) in [5.74, 6) is -0.326. The Hall–Kier alpha value is -2.99. The number of carbonyl (C=O) groups is 1. The average Bonchev–Trinajstić information content (AvgIpc) is 3.08. The molecule has 0 fully saturated rings. The summed E-state index contributed by atoms with van der Waals surface area (Å²) in [5.41, 5.74) is 3.17. The van der Waals surface area contributed by atoms with Crippen LogP contribution in [-0.4, -0.2) is 11.1 Å². The molecule has 1 amide bonds. The molecule has 0 aliphatic heterocycles. The molecule has 1 aromatic heterocycles. The van der Waals surface area contributed by atoms with Gasteiger partial charge in [0.2, 0.25) is 0 Å². The molecule has 6 heteroatoms. The summed E-state index contributed by atoms with van der Waals surface area (Å²) in [4.78, 5) is 12.6. The van der Waals surface area contributed by atoms with Crippen LogP contribution in [0.5, 0.6) is 0 Å². The molecule has 0 atom stereocenters. The highest BCUT2D eigenvalue weighted by molar-refractivity contribution is 9.10. The van der Waals surface area contributed by atoms with Crippen molar-refractivity contribution in [3.63, 3.8) is 0 Å². The standard InChI is InChI=1S/C21H14BrFN2O2/c1-12-2-4-13(5-3-12)20-16-10-14(6-8-18(16)25-27-20)21(26)24-19-9-7-15(22)11-17(19)23/h2-11H,1H3,(H,24,26). The summed E-state index contributed by atoms with van der Waals surface area (Å²) in [7, 11) is 0. The first-order valence-electron chi connectivity index (χ1n) is 8.24. The van der Waals surface area contributed by atoms with Gasteiger partial charge in [0, 0.05) is 15.6 Å². The third-order valence-electron chi connectivity index (χ3n) is 4.23. The third-order valence-corrected chi connectivity index (χ3v) is 4.72. The van der Waals surface area contributed by atoms with E-state index in [0.717, 1.165) is 16.5 Å². The molecule has 1 heterocycles. The van der Waals surface area contributed by atoms with Crippen LogP contribution in [0.3, 0.4) is 0 Å². The molecule has 0 radical (unpaired) electrons. The maximum atomic E-state index is 14.0. The lowest BCUT2D eigenvalue weighted by Gasteiger charge is -2.07. The number of halogens is 2. The van der Waals surface area contributed by atoms with Crippen molar-refractivity contribution >= 4 is 38.4 Å². The molecule has 4 rings (SSSR count). The summed E-state index contributed by atoms with van der Waals surface area (Å²) in [6.45, 7) is 2.01. The molecule has 0 bridgehead atoms. The van der Waals surface area contributed by atoms with Crippen LogP contribution in [0.15, 0.2) is 69.7 Å². The van der Waals surface area contributed by atoms with Crippen molar-refractivity contribution < 1.29 is 13.7 Å². The van der Waals surface area contributed by atoms with Gasteiger partial charge in [-0.25, -0.2) is 4.39 Å². The zero-order valence-corrected chi connectivity index (χ0v) is 15.9. The average molecular weight is 425 g/mol. The third kappa shape index (κ3) is 3.48. The zero-order valence-electron chi connectivity index (χ0n) is 14.3. The first kappa shape index (κ1) is 17.4. The number of carbonyl (C=O) groups excluding carboxylic acids is 1. The Morgan fingerprint density at radius 3 is 2.59 bits per heavy atom. The van der Waals surface area contributed by atoms with E-state index in [-0.39, 0.29) is 5.69 Å². The van der Waals surface area contributed by atoms with Crippen LogP contribution in [0.2, 0.25) is 0 Å². The number of aryl methyl sites for hydroxylation is 1. The maximum Gasteiger partial charge on any atom is 0.255 e. The number of hydrogen-bond donors (Lipinski definition) is 1. The molecular weight excluding hydrogens is 411 g/mol. The highest BCUT2D eigenvalue weighted by Crippen LogP contribution is 2.30. The summed E-state index contributed by atoms with van der Waals surface area (Å²) < 4.78 is 20.1. The molecule has 0 aliphatic carbocycles. The molecule has 0 aliphatic rings. The van der Waals surface area contributed by atoms with Crippen LogP contribution in [0, 0.1) is 12.7 Å². The number of fused-ring (bicyclic) bond motifs is 1. The second kappa shape index (κ2) is 6.96. The largest absolute Gasteiger partial charge is 0.355 e. The monoisotopic (exact) mass is 424 g/mol. The van der Waals surface area contributed by atoms with Crippen LogP contribution in [0.1, 0.15) is 15.9 Å². The molecule has 134 valence electrons. The van der Waals surface area contributed by atoms with Crippen molar-refractivity contribution in [2.24, 2.45) is 0 Å². The van der Waals surface area contributed by atoms with E-state index in [1.54, 1.807) is 24.3 Å². The normalized spacial score (nSPS) is 10.9. The van der Waals surface area contributed by atoms with Crippen LogP contribution >= 0.6 is 15.9 Å². The number of nitrogens with one attached hydrogen (secondary N) is 1. The Bertz CT molecular complexity index is 1150. The van der Waals surface area contributed by atoms with E-state index in [4.69, 9.17) is 4.52 Å². The van der Waals surface area contributed by atoms with Gasteiger partial charge in [0.1, 0.15) is 11.3 Å². The van der Waals surface area contributed by atoms with Crippen molar-refractivity contribution in [3.8, 4) is 11.3 Å². The van der Waals surface area contributed by atoms with Crippen molar-refractivity contribution in [1.82, 2.24) is 5.16 Å². The molecule has 1 N–H and O–H groups in total. The minimum Gasteiger partial charge on any atom is -0.355 e. The van der Waals surface area contributed by atoms with Crippen molar-refractivity contribution in [2.45, 2.75) is 6.92 Å². The highest BCUT2D eigenvalue weighted by atomic mass is 79.9. The van der Waals surface area contributed by atoms with Gasteiger partial charge in [0.15, 0.2) is 5.76 Å². The van der Waals surface area contributed by atoms with Crippen molar-refractivity contribution in [1.29, 1.82) is 0 Å². The van der Waals surface area contributed by atoms with E-state index in [1.807, 2.05) is 31.2 Å². The smallest absolute Gasteiger partial charge is 0.255 e. The SMILES string of the molecule is Cc1ccc(-c2onc3ccc(C(=O)Nc4ccc(Br)cc4F)cc23)cc1. The van der Waals surface area contributed by atoms with E-state index in [0.29, 0.717) is 21.3 Å². The number of aromatic nitrogens is 1. The summed E-state index contributed by atoms with van der Waals surface area (Å²) in [6.07, 6.45) is 0. The number of anilines is 1. The molecule has 27 heavy (non-hydrogen) atoms. The predicted molar refractivity (Wildman–Crippen MR) is 106 cm³/mol. The molecule has 4 aromatic rings. The molecule has 4 nitrogen and oxygen atoms in total. The Morgan fingerprint density at radius 1 is 1.07 bits per heavy atom. The van der Waals surface area contributed by atoms with Gasteiger partial charge in [-0.05, 0) is 43.3 Å². The molecule has 3 aromatic carbocycles. The van der Waals surface area contributed by atoms with Gasteiger partial charge in [-0.1, -0.05) is 50.9 Å². The summed E-state index contributed by atoms with van der Waals surface area (Å²) >= 11 is 3.19. The quantitative estimate of drug-likeness (QED) is 0.441. The van der Waals surface area contributed by atoms with Gasteiger partial charge in [0.25, 0.3) is 5.91 Å². The van der Waals surface area contributed by atoms with E-state index in [1.165, 1.54) is 12.1 Å². The van der Waals surface area contributed by atoms with Gasteiger partial charge >= 0.3 is 0 Å². The van der Waals surface area contributed by atoms with Gasteiger partial charge in [-0.3, -0.25) is 4.79 Å². The van der Waals surface area contributed by atoms with Gasteiger partial charge in [-0.2, -0.15) is 0 Å². The van der Waals surface area contributed by atoms with Gasteiger partial charge in [-0.15, -0.1) is 0 Å². The topological polar surface area (TPSA) is 55.1 Å². The summed E-state index contributed by atoms with van der Waals surface area (Å²) in [6, 6.07) is 17.4. The predicted octanol–water partition coefficient (Wildman–Crippen LogP) is 5.96. The lowest BCUT2D eigenvalue weighted by Crippen LogP contribution is -2.12. The van der Waals surface area contributed by atoms with Crippen molar-refractivity contribution in [3.05, 3.63) is 82.1 Å². The Kier molecular flexibility index (Phi) is 4.49. The van der Waals surface area contributed by atoms with Crippen LogP contribution < -0.4 is 5.32 Å². The number of nitrogens with zero attached hydrogens (tertiary/aromatic N) is 1. The maximum absolute atomic E-state index is 14.0. The first-order valence-corrected chi connectivity index (χ1v) is 9.03. The number of amides is 1. The molecule has 0 saturated carbocycles. The minimum atomic E-state index is -0.510. The molecule has 0 spiro atoms. The number of benzene rings is 3. The van der Waals surface area contributed by atoms with Crippen molar-refractivity contribution in [2.75, 3.05) is 5.32 Å². The van der Waals surface area contributed by atoms with Crippen LogP contribution in [0.25, 0.3) is 22.2 Å². The second-order valence-corrected chi connectivity index (χ2v) is 7.10. The summed E-state index contributed by atoms with van der Waals surface area (Å²) in [5, 5.41) is 7.37. The lowest BCUT2D eigenvalue weighted by atomic mass is 10.0. The second-order valence-electron chi connectivity index (χ2n) is 6.19. The fourth-order valence-corrected chi connectivity index (χ4v) is 3.11. The van der Waals surface area contributed by atoms with Gasteiger partial charge in [0.05, 0.1) is 11.1 Å². The number of rotatable bonds is 3. The Morgan fingerprint density at radius 2 is 1.85 bits per heavy atom. The van der Waals surface area contributed by atoms with E-state index in [9.17, 15) is 9.18 Å². The number of hydrogen-bond acceptors (Lipinski definition) is 3. The van der Waals surface area contributed by atoms with E-state index < -0.39 is 11.7 Å².